The summed E-state index contributed by atoms with van der Waals surface area (Å²) in [7, 11) is -2.12. The number of anilines is 1. The maximum atomic E-state index is 12.8. The van der Waals surface area contributed by atoms with Gasteiger partial charge >= 0.3 is 0 Å². The molecule has 1 amide bonds. The first-order chi connectivity index (χ1) is 9.72. The summed E-state index contributed by atoms with van der Waals surface area (Å²) in [5, 5.41) is 2.60. The fraction of sp³-hybridized carbons (Fsp3) is 0.500. The van der Waals surface area contributed by atoms with Gasteiger partial charge in [-0.25, -0.2) is 8.42 Å². The van der Waals surface area contributed by atoms with Gasteiger partial charge in [-0.2, -0.15) is 4.31 Å². The second-order valence-electron chi connectivity index (χ2n) is 5.72. The van der Waals surface area contributed by atoms with E-state index in [2.05, 4.69) is 5.32 Å². The Morgan fingerprint density at radius 3 is 2.67 bits per heavy atom. The minimum Gasteiger partial charge on any atom is -0.398 e. The fourth-order valence-electron chi connectivity index (χ4n) is 2.77. The molecule has 21 heavy (non-hydrogen) atoms. The molecule has 1 aromatic rings. The van der Waals surface area contributed by atoms with E-state index in [0.717, 1.165) is 0 Å². The lowest BCUT2D eigenvalue weighted by atomic mass is 9.89. The van der Waals surface area contributed by atoms with Gasteiger partial charge in [-0.05, 0) is 31.9 Å². The molecule has 0 aliphatic carbocycles. The predicted molar refractivity (Wildman–Crippen MR) is 81.1 cm³/mol. The number of hydrogen-bond acceptors (Lipinski definition) is 4. The second-order valence-corrected chi connectivity index (χ2v) is 7.60. The Kier molecular flexibility index (Phi) is 3.99. The average molecular weight is 311 g/mol. The molecule has 1 aliphatic heterocycles. The third-order valence-electron chi connectivity index (χ3n) is 4.05. The molecule has 1 atom stereocenters. The number of rotatable bonds is 3. The Bertz CT molecular complexity index is 652. The maximum Gasteiger partial charge on any atom is 0.245 e. The average Bonchev–Trinajstić information content (AvgIpc) is 2.82. The lowest BCUT2D eigenvalue weighted by Crippen LogP contribution is -2.40. The maximum absolute atomic E-state index is 12.8. The van der Waals surface area contributed by atoms with Gasteiger partial charge in [-0.1, -0.05) is 12.1 Å². The standard InChI is InChI=1S/C14H21N3O3S/c1-10-5-4-6-11(15)12(10)21(19,20)17-8-7-14(2,9-17)13(18)16-3/h4-6H,7-9,15H2,1-3H3,(H,16,18). The van der Waals surface area contributed by atoms with Crippen LogP contribution in [0.2, 0.25) is 0 Å². The van der Waals surface area contributed by atoms with Gasteiger partial charge in [-0.15, -0.1) is 0 Å². The van der Waals surface area contributed by atoms with Crippen LogP contribution < -0.4 is 11.1 Å². The molecule has 3 N–H and O–H groups in total. The normalized spacial score (nSPS) is 23.2. The molecular formula is C14H21N3O3S. The van der Waals surface area contributed by atoms with Crippen LogP contribution in [0, 0.1) is 12.3 Å². The topological polar surface area (TPSA) is 92.5 Å². The molecule has 0 spiro atoms. The van der Waals surface area contributed by atoms with Gasteiger partial charge in [0.15, 0.2) is 0 Å². The van der Waals surface area contributed by atoms with E-state index in [1.54, 1.807) is 39.1 Å². The minimum absolute atomic E-state index is 0.141. The van der Waals surface area contributed by atoms with E-state index >= 15 is 0 Å². The summed E-state index contributed by atoms with van der Waals surface area (Å²) in [6.45, 7) is 3.99. The van der Waals surface area contributed by atoms with Crippen molar-refractivity contribution in [3.8, 4) is 0 Å². The van der Waals surface area contributed by atoms with Gasteiger partial charge in [-0.3, -0.25) is 4.79 Å². The van der Waals surface area contributed by atoms with E-state index in [-0.39, 0.29) is 23.0 Å². The van der Waals surface area contributed by atoms with Crippen molar-refractivity contribution in [2.75, 3.05) is 25.9 Å². The molecule has 6 nitrogen and oxygen atoms in total. The van der Waals surface area contributed by atoms with Crippen LogP contribution >= 0.6 is 0 Å². The van der Waals surface area contributed by atoms with Crippen LogP contribution in [-0.4, -0.2) is 38.8 Å². The van der Waals surface area contributed by atoms with Crippen molar-refractivity contribution in [3.05, 3.63) is 23.8 Å². The van der Waals surface area contributed by atoms with Crippen LogP contribution in [0.3, 0.4) is 0 Å². The molecule has 1 aliphatic rings. The quantitative estimate of drug-likeness (QED) is 0.805. The van der Waals surface area contributed by atoms with E-state index in [4.69, 9.17) is 5.73 Å². The zero-order valence-corrected chi connectivity index (χ0v) is 13.3. The number of carbonyl (C=O) groups excluding carboxylic acids is 1. The highest BCUT2D eigenvalue weighted by atomic mass is 32.2. The van der Waals surface area contributed by atoms with Crippen molar-refractivity contribution in [1.29, 1.82) is 0 Å². The van der Waals surface area contributed by atoms with Gasteiger partial charge in [0, 0.05) is 20.1 Å². The van der Waals surface area contributed by atoms with Gasteiger partial charge in [0.1, 0.15) is 4.90 Å². The first kappa shape index (κ1) is 15.8. The zero-order chi connectivity index (χ0) is 15.8. The predicted octanol–water partition coefficient (Wildman–Crippen LogP) is 0.724. The van der Waals surface area contributed by atoms with Gasteiger partial charge < -0.3 is 11.1 Å². The monoisotopic (exact) mass is 311 g/mol. The fourth-order valence-corrected chi connectivity index (χ4v) is 4.65. The third-order valence-corrected chi connectivity index (χ3v) is 6.12. The van der Waals surface area contributed by atoms with Crippen molar-refractivity contribution in [2.45, 2.75) is 25.2 Å². The van der Waals surface area contributed by atoms with Crippen LogP contribution in [0.25, 0.3) is 0 Å². The second kappa shape index (κ2) is 5.31. The van der Waals surface area contributed by atoms with E-state index in [1.165, 1.54) is 4.31 Å². The molecule has 1 unspecified atom stereocenters. The SMILES string of the molecule is CNC(=O)C1(C)CCN(S(=O)(=O)c2c(C)cccc2N)C1. The van der Waals surface area contributed by atoms with Crippen molar-refractivity contribution in [3.63, 3.8) is 0 Å². The van der Waals surface area contributed by atoms with Crippen LogP contribution in [0.15, 0.2) is 23.1 Å². The van der Waals surface area contributed by atoms with Crippen molar-refractivity contribution in [1.82, 2.24) is 9.62 Å². The summed E-state index contributed by atoms with van der Waals surface area (Å²) in [6, 6.07) is 5.02. The van der Waals surface area contributed by atoms with E-state index < -0.39 is 15.4 Å². The number of nitrogens with two attached hydrogens (primary N) is 1. The number of aryl methyl sites for hydroxylation is 1. The van der Waals surface area contributed by atoms with Gasteiger partial charge in [0.25, 0.3) is 0 Å². The molecule has 7 heteroatoms. The number of nitrogens with one attached hydrogen (secondary N) is 1. The van der Waals surface area contributed by atoms with Crippen LogP contribution in [0.5, 0.6) is 0 Å². The Balaban J connectivity index is 2.37. The Morgan fingerprint density at radius 2 is 2.10 bits per heavy atom. The molecule has 0 aromatic heterocycles. The molecule has 1 saturated heterocycles. The van der Waals surface area contributed by atoms with Crippen LogP contribution in [0.4, 0.5) is 5.69 Å². The summed E-state index contributed by atoms with van der Waals surface area (Å²) in [4.78, 5) is 12.1. The third kappa shape index (κ3) is 2.63. The number of hydrogen-bond donors (Lipinski definition) is 2. The molecular weight excluding hydrogens is 290 g/mol. The highest BCUT2D eigenvalue weighted by Crippen LogP contribution is 2.35. The zero-order valence-electron chi connectivity index (χ0n) is 12.5. The van der Waals surface area contributed by atoms with E-state index in [9.17, 15) is 13.2 Å². The number of carbonyl (C=O) groups is 1. The lowest BCUT2D eigenvalue weighted by Gasteiger charge is -2.23. The highest BCUT2D eigenvalue weighted by molar-refractivity contribution is 7.89. The van der Waals surface area contributed by atoms with E-state index in [0.29, 0.717) is 18.5 Å². The number of benzene rings is 1. The van der Waals surface area contributed by atoms with Crippen molar-refractivity contribution < 1.29 is 13.2 Å². The molecule has 1 fully saturated rings. The number of sulfonamides is 1. The molecule has 1 aromatic carbocycles. The Hall–Kier alpha value is -1.60. The first-order valence-electron chi connectivity index (χ1n) is 6.80. The van der Waals surface area contributed by atoms with Crippen LogP contribution in [0.1, 0.15) is 18.9 Å². The molecule has 2 rings (SSSR count). The van der Waals surface area contributed by atoms with Crippen molar-refractivity contribution in [2.24, 2.45) is 5.41 Å². The van der Waals surface area contributed by atoms with Gasteiger partial charge in [0.05, 0.1) is 11.1 Å². The first-order valence-corrected chi connectivity index (χ1v) is 8.24. The minimum atomic E-state index is -3.68. The summed E-state index contributed by atoms with van der Waals surface area (Å²) in [5.41, 5.74) is 6.00. The Morgan fingerprint density at radius 1 is 1.43 bits per heavy atom. The molecule has 116 valence electrons. The largest absolute Gasteiger partial charge is 0.398 e. The number of amides is 1. The Labute approximate surface area is 125 Å². The smallest absolute Gasteiger partial charge is 0.245 e. The lowest BCUT2D eigenvalue weighted by molar-refractivity contribution is -0.128. The van der Waals surface area contributed by atoms with Crippen LogP contribution in [-0.2, 0) is 14.8 Å². The molecule has 0 bridgehead atoms. The summed E-state index contributed by atoms with van der Waals surface area (Å²) in [6.07, 6.45) is 0.498. The highest BCUT2D eigenvalue weighted by Gasteiger charge is 2.44. The molecule has 0 radical (unpaired) electrons. The van der Waals surface area contributed by atoms with E-state index in [1.807, 2.05) is 0 Å². The summed E-state index contributed by atoms with van der Waals surface area (Å²) in [5.74, 6) is -0.141. The summed E-state index contributed by atoms with van der Waals surface area (Å²) >= 11 is 0. The number of nitrogen functional groups attached to an aromatic ring is 1. The number of nitrogens with zero attached hydrogens (tertiary/aromatic N) is 1. The molecule has 1 heterocycles. The molecule has 0 saturated carbocycles. The van der Waals surface area contributed by atoms with Crippen molar-refractivity contribution >= 4 is 21.6 Å². The summed E-state index contributed by atoms with van der Waals surface area (Å²) < 4.78 is 26.9. The van der Waals surface area contributed by atoms with Gasteiger partial charge in [0.2, 0.25) is 15.9 Å².